The van der Waals surface area contributed by atoms with Gasteiger partial charge in [0.2, 0.25) is 11.8 Å². The van der Waals surface area contributed by atoms with Crippen molar-refractivity contribution < 1.29 is 23.1 Å². The molecule has 8 nitrogen and oxygen atoms in total. The number of alkyl halides is 2. The second kappa shape index (κ2) is 8.58. The van der Waals surface area contributed by atoms with E-state index in [1.54, 1.807) is 24.3 Å². The average Bonchev–Trinajstić information content (AvgIpc) is 3.07. The van der Waals surface area contributed by atoms with Crippen molar-refractivity contribution in [3.8, 4) is 11.6 Å². The number of urea groups is 1. The van der Waals surface area contributed by atoms with Crippen LogP contribution < -0.4 is 20.3 Å². The summed E-state index contributed by atoms with van der Waals surface area (Å²) < 4.78 is 31.8. The van der Waals surface area contributed by atoms with Crippen LogP contribution in [-0.4, -0.2) is 28.5 Å². The zero-order valence-corrected chi connectivity index (χ0v) is 17.0. The molecule has 4 rings (SSSR count). The van der Waals surface area contributed by atoms with E-state index < -0.39 is 18.4 Å². The summed E-state index contributed by atoms with van der Waals surface area (Å²) in [6.07, 6.45) is -0.702. The fourth-order valence-corrected chi connectivity index (χ4v) is 3.43. The first-order valence-electron chi connectivity index (χ1n) is 9.79. The van der Waals surface area contributed by atoms with Gasteiger partial charge in [-0.1, -0.05) is 19.1 Å². The van der Waals surface area contributed by atoms with E-state index in [0.717, 1.165) is 4.90 Å². The Labute approximate surface area is 182 Å². The van der Waals surface area contributed by atoms with Gasteiger partial charge in [-0.2, -0.15) is 4.98 Å². The quantitative estimate of drug-likeness (QED) is 0.574. The van der Waals surface area contributed by atoms with Crippen molar-refractivity contribution in [2.75, 3.05) is 22.1 Å². The SMILES string of the molecule is CCc1cc(Oc2ccnc(N)n2)ccc1N1C(=O)CN(c2cccc(C(F)F)c2)C1=O. The molecule has 1 fully saturated rings. The van der Waals surface area contributed by atoms with Crippen molar-refractivity contribution >= 4 is 29.3 Å². The van der Waals surface area contributed by atoms with Gasteiger partial charge in [-0.15, -0.1) is 0 Å². The van der Waals surface area contributed by atoms with Crippen molar-refractivity contribution in [1.29, 1.82) is 0 Å². The van der Waals surface area contributed by atoms with Crippen LogP contribution in [0.15, 0.2) is 54.7 Å². The number of hydrogen-bond acceptors (Lipinski definition) is 6. The molecule has 0 spiro atoms. The van der Waals surface area contributed by atoms with E-state index in [9.17, 15) is 18.4 Å². The number of hydrogen-bond donors (Lipinski definition) is 1. The number of anilines is 3. The highest BCUT2D eigenvalue weighted by Gasteiger charge is 2.39. The minimum atomic E-state index is -2.68. The Bertz CT molecular complexity index is 1190. The Balaban J connectivity index is 1.62. The van der Waals surface area contributed by atoms with Crippen LogP contribution in [0.3, 0.4) is 0 Å². The number of nitrogens with two attached hydrogens (primary N) is 1. The van der Waals surface area contributed by atoms with Crippen LogP contribution in [0.2, 0.25) is 0 Å². The lowest BCUT2D eigenvalue weighted by molar-refractivity contribution is -0.115. The smallest absolute Gasteiger partial charge is 0.336 e. The van der Waals surface area contributed by atoms with E-state index in [-0.39, 0.29) is 29.6 Å². The number of halogens is 2. The number of nitrogen functional groups attached to an aromatic ring is 1. The number of aryl methyl sites for hydroxylation is 1. The Morgan fingerprint density at radius 1 is 1.16 bits per heavy atom. The zero-order valence-electron chi connectivity index (χ0n) is 17.0. The summed E-state index contributed by atoms with van der Waals surface area (Å²) in [4.78, 5) is 35.8. The molecule has 3 aromatic rings. The third-order valence-corrected chi connectivity index (χ3v) is 4.94. The van der Waals surface area contributed by atoms with Gasteiger partial charge in [0.1, 0.15) is 12.3 Å². The molecular formula is C22H19F2N5O3. The molecule has 1 aliphatic heterocycles. The molecule has 0 aliphatic carbocycles. The lowest BCUT2D eigenvalue weighted by Crippen LogP contribution is -2.33. The highest BCUT2D eigenvalue weighted by Crippen LogP contribution is 2.33. The Hall–Kier alpha value is -4.08. The van der Waals surface area contributed by atoms with E-state index >= 15 is 0 Å². The number of benzene rings is 2. The standard InChI is InChI=1S/C22H19F2N5O3/c1-2-13-11-16(32-18-8-9-26-21(25)27-18)6-7-17(13)29-19(30)12-28(22(29)31)15-5-3-4-14(10-15)20(23)24/h3-11,20H,2,12H2,1H3,(H2,25,26,27). The molecule has 1 saturated heterocycles. The molecular weight excluding hydrogens is 420 g/mol. The Kier molecular flexibility index (Phi) is 5.67. The fraction of sp³-hybridized carbons (Fsp3) is 0.182. The van der Waals surface area contributed by atoms with Gasteiger partial charge < -0.3 is 10.5 Å². The van der Waals surface area contributed by atoms with Crippen LogP contribution in [0.5, 0.6) is 11.6 Å². The summed E-state index contributed by atoms with van der Waals surface area (Å²) in [7, 11) is 0. The maximum Gasteiger partial charge on any atom is 0.336 e. The minimum Gasteiger partial charge on any atom is -0.439 e. The molecule has 0 unspecified atom stereocenters. The van der Waals surface area contributed by atoms with Gasteiger partial charge in [-0.05, 0) is 42.3 Å². The van der Waals surface area contributed by atoms with E-state index in [1.165, 1.54) is 35.4 Å². The van der Waals surface area contributed by atoms with Crippen molar-refractivity contribution in [3.63, 3.8) is 0 Å². The Morgan fingerprint density at radius 2 is 1.97 bits per heavy atom. The number of imide groups is 1. The molecule has 0 radical (unpaired) electrons. The van der Waals surface area contributed by atoms with Gasteiger partial charge in [-0.25, -0.2) is 23.5 Å². The summed E-state index contributed by atoms with van der Waals surface area (Å²) in [5.74, 6) is 0.318. The molecule has 0 atom stereocenters. The summed E-state index contributed by atoms with van der Waals surface area (Å²) in [6, 6.07) is 11.3. The molecule has 32 heavy (non-hydrogen) atoms. The number of carbonyl (C=O) groups excluding carboxylic acids is 2. The molecule has 2 aromatic carbocycles. The highest BCUT2D eigenvalue weighted by atomic mass is 19.3. The summed E-state index contributed by atoms with van der Waals surface area (Å²) in [5, 5.41) is 0. The first kappa shape index (κ1) is 21.2. The maximum absolute atomic E-state index is 13.1. The first-order chi connectivity index (χ1) is 15.4. The molecule has 10 heteroatoms. The highest BCUT2D eigenvalue weighted by molar-refractivity contribution is 6.27. The number of amides is 3. The van der Waals surface area contributed by atoms with Gasteiger partial charge in [-0.3, -0.25) is 9.69 Å². The van der Waals surface area contributed by atoms with Crippen LogP contribution in [0.4, 0.5) is 30.9 Å². The number of rotatable bonds is 6. The number of nitrogens with zero attached hydrogens (tertiary/aromatic N) is 4. The van der Waals surface area contributed by atoms with Crippen LogP contribution in [0.25, 0.3) is 0 Å². The molecule has 164 valence electrons. The molecule has 1 aromatic heterocycles. The van der Waals surface area contributed by atoms with E-state index in [4.69, 9.17) is 10.5 Å². The van der Waals surface area contributed by atoms with Crippen LogP contribution >= 0.6 is 0 Å². The summed E-state index contributed by atoms with van der Waals surface area (Å²) in [6.45, 7) is 1.63. The van der Waals surface area contributed by atoms with Crippen LogP contribution in [-0.2, 0) is 11.2 Å². The first-order valence-corrected chi connectivity index (χ1v) is 9.79. The molecule has 2 N–H and O–H groups in total. The number of aromatic nitrogens is 2. The van der Waals surface area contributed by atoms with Gasteiger partial charge in [0.15, 0.2) is 0 Å². The lowest BCUT2D eigenvalue weighted by Gasteiger charge is -2.20. The number of carbonyl (C=O) groups is 2. The van der Waals surface area contributed by atoms with E-state index in [2.05, 4.69) is 9.97 Å². The molecule has 0 bridgehead atoms. The monoisotopic (exact) mass is 439 g/mol. The molecule has 0 saturated carbocycles. The third kappa shape index (κ3) is 4.07. The number of ether oxygens (including phenoxy) is 1. The molecule has 1 aliphatic rings. The molecule has 2 heterocycles. The minimum absolute atomic E-state index is 0.0686. The van der Waals surface area contributed by atoms with Crippen LogP contribution in [0.1, 0.15) is 24.5 Å². The predicted octanol–water partition coefficient (Wildman–Crippen LogP) is 4.32. The van der Waals surface area contributed by atoms with Gasteiger partial charge >= 0.3 is 6.03 Å². The normalized spacial score (nSPS) is 13.9. The average molecular weight is 439 g/mol. The van der Waals surface area contributed by atoms with E-state index in [1.807, 2.05) is 6.92 Å². The van der Waals surface area contributed by atoms with Crippen molar-refractivity contribution in [2.45, 2.75) is 19.8 Å². The maximum atomic E-state index is 13.1. The lowest BCUT2D eigenvalue weighted by atomic mass is 10.1. The van der Waals surface area contributed by atoms with Crippen molar-refractivity contribution in [1.82, 2.24) is 9.97 Å². The van der Waals surface area contributed by atoms with Gasteiger partial charge in [0.25, 0.3) is 12.3 Å². The van der Waals surface area contributed by atoms with Gasteiger partial charge in [0, 0.05) is 23.5 Å². The summed E-state index contributed by atoms with van der Waals surface area (Å²) in [5.41, 5.74) is 6.68. The van der Waals surface area contributed by atoms with Crippen LogP contribution in [0, 0.1) is 0 Å². The molecule has 3 amide bonds. The zero-order chi connectivity index (χ0) is 22.8. The largest absolute Gasteiger partial charge is 0.439 e. The van der Waals surface area contributed by atoms with Crippen molar-refractivity contribution in [3.05, 3.63) is 65.9 Å². The van der Waals surface area contributed by atoms with Gasteiger partial charge in [0.05, 0.1) is 5.69 Å². The van der Waals surface area contributed by atoms with Crippen molar-refractivity contribution in [2.24, 2.45) is 0 Å². The second-order valence-corrected chi connectivity index (χ2v) is 6.99. The topological polar surface area (TPSA) is 102 Å². The summed E-state index contributed by atoms with van der Waals surface area (Å²) >= 11 is 0. The van der Waals surface area contributed by atoms with E-state index in [0.29, 0.717) is 23.4 Å². The predicted molar refractivity (Wildman–Crippen MR) is 114 cm³/mol. The second-order valence-electron chi connectivity index (χ2n) is 6.99. The fourth-order valence-electron chi connectivity index (χ4n) is 3.43. The Morgan fingerprint density at radius 3 is 2.69 bits per heavy atom. The third-order valence-electron chi connectivity index (χ3n) is 4.94.